The fourth-order valence-corrected chi connectivity index (χ4v) is 3.28. The van der Waals surface area contributed by atoms with E-state index >= 15 is 0 Å². The average Bonchev–Trinajstić information content (AvgIpc) is 3.12. The van der Waals surface area contributed by atoms with Gasteiger partial charge in [0.1, 0.15) is 0 Å². The summed E-state index contributed by atoms with van der Waals surface area (Å²) in [5.74, 6) is -0.300. The minimum atomic E-state index is -5.22. The first kappa shape index (κ1) is 28.2. The van der Waals surface area contributed by atoms with Gasteiger partial charge in [0.25, 0.3) is 0 Å². The Hall–Kier alpha value is -2.84. The molecular weight excluding hydrogens is 479 g/mol. The van der Waals surface area contributed by atoms with E-state index in [0.29, 0.717) is 22.7 Å². The van der Waals surface area contributed by atoms with Crippen LogP contribution in [0, 0.1) is 5.92 Å². The molecule has 16 heteroatoms. The summed E-state index contributed by atoms with van der Waals surface area (Å²) < 4.78 is 22.1. The second-order valence-electron chi connectivity index (χ2n) is 6.36. The minimum Gasteiger partial charge on any atom is -0.790 e. The number of nitrogens with zero attached hydrogens (tertiary/aromatic N) is 4. The standard InChI is InChI=1S/C17H20ClN6O6P.2H3N/c1-19-14-13-15(23-16(18)22-14)24(10-20-13)7-11(9-30-31(26,27)28)8-29-17(25)21-12-5-3-2-4-6-12;;/h2-6,10-11H,7-9H2,1H3,(H,21,25)(H,19,22,23)(H2,26,27,28);2*1H3. The molecule has 0 saturated carbocycles. The number of para-hydroxylation sites is 1. The van der Waals surface area contributed by atoms with Crippen LogP contribution >= 0.6 is 19.4 Å². The predicted octanol–water partition coefficient (Wildman–Crippen LogP) is 1.98. The zero-order valence-electron chi connectivity index (χ0n) is 18.2. The van der Waals surface area contributed by atoms with Crippen molar-refractivity contribution in [1.82, 2.24) is 31.8 Å². The van der Waals surface area contributed by atoms with E-state index in [-0.39, 0.29) is 30.7 Å². The topological polar surface area (TPSA) is 239 Å². The predicted molar refractivity (Wildman–Crippen MR) is 120 cm³/mol. The molecule has 10 N–H and O–H groups in total. The van der Waals surface area contributed by atoms with Gasteiger partial charge in [0, 0.05) is 25.2 Å². The van der Waals surface area contributed by atoms with Crippen molar-refractivity contribution in [3.8, 4) is 0 Å². The molecule has 0 aliphatic heterocycles. The maximum atomic E-state index is 12.0. The zero-order chi connectivity index (χ0) is 22.4. The summed E-state index contributed by atoms with van der Waals surface area (Å²) in [5.41, 5.74) is 1.33. The van der Waals surface area contributed by atoms with Crippen molar-refractivity contribution < 1.29 is 28.4 Å². The van der Waals surface area contributed by atoms with Crippen molar-refractivity contribution in [1.29, 1.82) is 0 Å². The van der Waals surface area contributed by atoms with Crippen molar-refractivity contribution >= 4 is 48.2 Å². The van der Waals surface area contributed by atoms with Crippen molar-refractivity contribution in [2.75, 3.05) is 30.9 Å². The fraction of sp³-hybridized carbons (Fsp3) is 0.294. The molecule has 3 aromatic rings. The van der Waals surface area contributed by atoms with Crippen LogP contribution in [-0.4, -0.2) is 45.9 Å². The van der Waals surface area contributed by atoms with Crippen molar-refractivity contribution in [2.45, 2.75) is 6.54 Å². The second kappa shape index (κ2) is 12.4. The Kier molecular flexibility index (Phi) is 10.6. The van der Waals surface area contributed by atoms with Gasteiger partial charge in [-0.2, -0.15) is 9.97 Å². The molecule has 0 aliphatic rings. The molecule has 3 rings (SSSR count). The number of imidazole rings is 1. The smallest absolute Gasteiger partial charge is 0.411 e. The average molecular weight is 505 g/mol. The van der Waals surface area contributed by atoms with Crippen molar-refractivity contribution in [2.24, 2.45) is 5.92 Å². The third kappa shape index (κ3) is 8.22. The molecule has 2 aromatic heterocycles. The molecule has 0 radical (unpaired) electrons. The highest BCUT2D eigenvalue weighted by molar-refractivity contribution is 7.43. The summed E-state index contributed by atoms with van der Waals surface area (Å²) in [6, 6.07) is 8.62. The van der Waals surface area contributed by atoms with E-state index in [2.05, 4.69) is 30.1 Å². The van der Waals surface area contributed by atoms with Gasteiger partial charge in [0.05, 0.1) is 27.4 Å². The second-order valence-corrected chi connectivity index (χ2v) is 7.85. The van der Waals surface area contributed by atoms with Crippen LogP contribution < -0.4 is 32.7 Å². The molecule has 14 nitrogen and oxygen atoms in total. The van der Waals surface area contributed by atoms with E-state index in [1.165, 1.54) is 6.33 Å². The van der Waals surface area contributed by atoms with Gasteiger partial charge in [-0.15, -0.1) is 0 Å². The van der Waals surface area contributed by atoms with E-state index in [0.717, 1.165) is 0 Å². The number of phosphoric ester groups is 1. The van der Waals surface area contributed by atoms with Crippen LogP contribution in [0.2, 0.25) is 5.28 Å². The summed E-state index contributed by atoms with van der Waals surface area (Å²) in [5, 5.41) is 5.37. The molecule has 33 heavy (non-hydrogen) atoms. The summed E-state index contributed by atoms with van der Waals surface area (Å²) in [7, 11) is -3.57. The Balaban J connectivity index is 0.00000272. The molecule has 0 bridgehead atoms. The summed E-state index contributed by atoms with van der Waals surface area (Å²) in [6.07, 6.45) is 0.698. The first-order chi connectivity index (χ1) is 14.7. The molecule has 1 unspecified atom stereocenters. The Morgan fingerprint density at radius 3 is 2.55 bits per heavy atom. The van der Waals surface area contributed by atoms with E-state index < -0.39 is 26.4 Å². The molecule has 0 spiro atoms. The van der Waals surface area contributed by atoms with E-state index in [1.54, 1.807) is 41.9 Å². The number of aromatic nitrogens is 4. The number of nitrogens with one attached hydrogen (secondary N) is 2. The van der Waals surface area contributed by atoms with Gasteiger partial charge in [0.2, 0.25) is 5.28 Å². The molecular formula is C17H26ClN8O6P. The number of hydrogen-bond acceptors (Lipinski definition) is 10. The summed E-state index contributed by atoms with van der Waals surface area (Å²) in [6.45, 7) is -0.665. The summed E-state index contributed by atoms with van der Waals surface area (Å²) in [4.78, 5) is 46.3. The van der Waals surface area contributed by atoms with E-state index in [9.17, 15) is 19.1 Å². The maximum Gasteiger partial charge on any atom is 0.411 e. The highest BCUT2D eigenvalue weighted by Gasteiger charge is 2.18. The van der Waals surface area contributed by atoms with Crippen LogP contribution in [0.3, 0.4) is 0 Å². The molecule has 0 saturated heterocycles. The van der Waals surface area contributed by atoms with Gasteiger partial charge < -0.3 is 45.8 Å². The Morgan fingerprint density at radius 2 is 1.91 bits per heavy atom. The number of hydrogen-bond donors (Lipinski definition) is 4. The number of quaternary nitrogens is 2. The third-order valence-corrected chi connectivity index (χ3v) is 4.70. The molecule has 2 heterocycles. The third-order valence-electron chi connectivity index (χ3n) is 4.07. The number of phosphoric acid groups is 1. The number of ether oxygens (including phenoxy) is 1. The monoisotopic (exact) mass is 504 g/mol. The largest absolute Gasteiger partial charge is 0.790 e. The lowest BCUT2D eigenvalue weighted by atomic mass is 10.2. The normalized spacial score (nSPS) is 11.8. The number of amides is 1. The lowest BCUT2D eigenvalue weighted by molar-refractivity contribution is -0.342. The van der Waals surface area contributed by atoms with Crippen LogP contribution in [0.4, 0.5) is 16.3 Å². The first-order valence-corrected chi connectivity index (χ1v) is 10.8. The number of rotatable bonds is 9. The fourth-order valence-electron chi connectivity index (χ4n) is 2.72. The lowest BCUT2D eigenvalue weighted by Gasteiger charge is -2.30. The van der Waals surface area contributed by atoms with Crippen LogP contribution in [0.15, 0.2) is 36.7 Å². The summed E-state index contributed by atoms with van der Waals surface area (Å²) >= 11 is 5.94. The number of carbonyl (C=O) groups is 1. The van der Waals surface area contributed by atoms with Crippen LogP contribution in [0.5, 0.6) is 0 Å². The first-order valence-electron chi connectivity index (χ1n) is 8.96. The van der Waals surface area contributed by atoms with Crippen LogP contribution in [0.25, 0.3) is 11.2 Å². The molecule has 1 amide bonds. The molecule has 1 atom stereocenters. The Labute approximate surface area is 194 Å². The lowest BCUT2D eigenvalue weighted by Crippen LogP contribution is -2.27. The number of halogens is 1. The molecule has 0 aliphatic carbocycles. The quantitative estimate of drug-likeness (QED) is 0.244. The maximum absolute atomic E-state index is 12.0. The number of anilines is 2. The van der Waals surface area contributed by atoms with Crippen LogP contribution in [-0.2, 0) is 20.4 Å². The van der Waals surface area contributed by atoms with E-state index in [1.807, 2.05) is 0 Å². The van der Waals surface area contributed by atoms with Gasteiger partial charge >= 0.3 is 6.09 Å². The van der Waals surface area contributed by atoms with Gasteiger partial charge in [-0.3, -0.25) is 5.32 Å². The van der Waals surface area contributed by atoms with Gasteiger partial charge in [-0.05, 0) is 23.7 Å². The Morgan fingerprint density at radius 1 is 1.21 bits per heavy atom. The van der Waals surface area contributed by atoms with Gasteiger partial charge in [-0.25, -0.2) is 9.78 Å². The van der Waals surface area contributed by atoms with E-state index in [4.69, 9.17) is 16.3 Å². The highest BCUT2D eigenvalue weighted by Crippen LogP contribution is 2.27. The van der Waals surface area contributed by atoms with Crippen LogP contribution in [0.1, 0.15) is 0 Å². The SMILES string of the molecule is CNc1nc(Cl)nc2c1ncn2CC(COC(=O)Nc1ccccc1)COP(=O)([O-])[O-].[NH4+].[NH4+]. The van der Waals surface area contributed by atoms with Gasteiger partial charge in [0.15, 0.2) is 17.0 Å². The zero-order valence-corrected chi connectivity index (χ0v) is 19.9. The van der Waals surface area contributed by atoms with Gasteiger partial charge in [-0.1, -0.05) is 18.2 Å². The number of fused-ring (bicyclic) bond motifs is 1. The molecule has 0 fully saturated rings. The highest BCUT2D eigenvalue weighted by atomic mass is 35.5. The van der Waals surface area contributed by atoms with Crippen molar-refractivity contribution in [3.05, 3.63) is 41.9 Å². The molecule has 182 valence electrons. The number of benzene rings is 1. The number of carbonyl (C=O) groups excluding carboxylic acids is 1. The minimum absolute atomic E-state index is 0. The van der Waals surface area contributed by atoms with Crippen molar-refractivity contribution in [3.63, 3.8) is 0 Å². The Bertz CT molecular complexity index is 1100. The molecule has 1 aromatic carbocycles.